The van der Waals surface area contributed by atoms with E-state index in [4.69, 9.17) is 17.4 Å². The third-order valence-corrected chi connectivity index (χ3v) is 2.97. The minimum absolute atomic E-state index is 0.234. The molecule has 0 spiro atoms. The molecule has 3 nitrogen and oxygen atoms in total. The Morgan fingerprint density at radius 1 is 1.28 bits per heavy atom. The minimum Gasteiger partial charge on any atom is -0.271 e. The van der Waals surface area contributed by atoms with Crippen molar-refractivity contribution in [1.29, 1.82) is 0 Å². The van der Waals surface area contributed by atoms with Gasteiger partial charge < -0.3 is 0 Å². The lowest BCUT2D eigenvalue weighted by Crippen LogP contribution is -2.29. The van der Waals surface area contributed by atoms with Gasteiger partial charge in [-0.1, -0.05) is 23.7 Å². The highest BCUT2D eigenvalue weighted by Gasteiger charge is 2.14. The van der Waals surface area contributed by atoms with E-state index in [1.165, 1.54) is 6.07 Å². The van der Waals surface area contributed by atoms with Gasteiger partial charge in [-0.3, -0.25) is 5.84 Å². The Kier molecular flexibility index (Phi) is 3.91. The van der Waals surface area contributed by atoms with Crippen LogP contribution in [0, 0.1) is 12.7 Å². The van der Waals surface area contributed by atoms with Crippen LogP contribution in [0.3, 0.4) is 0 Å². The molecule has 0 aliphatic carbocycles. The first-order valence-electron chi connectivity index (χ1n) is 5.45. The summed E-state index contributed by atoms with van der Waals surface area (Å²) in [6.07, 6.45) is 1.61. The van der Waals surface area contributed by atoms with Gasteiger partial charge in [0.1, 0.15) is 11.0 Å². The van der Waals surface area contributed by atoms with Crippen molar-refractivity contribution in [2.45, 2.75) is 13.0 Å². The second-order valence-electron chi connectivity index (χ2n) is 4.02. The molecular formula is C13H13ClFN3. The Balaban J connectivity index is 2.42. The molecule has 18 heavy (non-hydrogen) atoms. The van der Waals surface area contributed by atoms with Gasteiger partial charge >= 0.3 is 0 Å². The topological polar surface area (TPSA) is 50.9 Å². The van der Waals surface area contributed by atoms with E-state index in [0.717, 1.165) is 11.1 Å². The fourth-order valence-electron chi connectivity index (χ4n) is 1.83. The molecule has 1 heterocycles. The van der Waals surface area contributed by atoms with E-state index >= 15 is 0 Å². The Hall–Kier alpha value is -1.49. The maximum atomic E-state index is 13.2. The van der Waals surface area contributed by atoms with E-state index in [1.807, 2.05) is 6.07 Å². The van der Waals surface area contributed by atoms with Crippen LogP contribution in [0.2, 0.25) is 5.15 Å². The first-order valence-corrected chi connectivity index (χ1v) is 5.83. The third kappa shape index (κ3) is 2.67. The third-order valence-electron chi connectivity index (χ3n) is 2.77. The van der Waals surface area contributed by atoms with Crippen molar-refractivity contribution < 1.29 is 4.39 Å². The van der Waals surface area contributed by atoms with E-state index in [2.05, 4.69) is 10.4 Å². The normalized spacial score (nSPS) is 12.4. The van der Waals surface area contributed by atoms with Crippen molar-refractivity contribution in [3.8, 4) is 0 Å². The molecule has 1 atom stereocenters. The fourth-order valence-corrected chi connectivity index (χ4v) is 2.01. The summed E-state index contributed by atoms with van der Waals surface area (Å²) in [5, 5.41) is 0.395. The molecule has 0 amide bonds. The largest absolute Gasteiger partial charge is 0.271 e. The Morgan fingerprint density at radius 3 is 2.61 bits per heavy atom. The predicted molar refractivity (Wildman–Crippen MR) is 69.6 cm³/mol. The maximum Gasteiger partial charge on any atom is 0.129 e. The molecule has 94 valence electrons. The number of nitrogens with two attached hydrogens (primary N) is 1. The number of nitrogens with zero attached hydrogens (tertiary/aromatic N) is 1. The standard InChI is InChI=1S/C13H13ClFN3/c1-8-6-9(2-3-11(8)15)13(18-16)10-4-5-17-12(14)7-10/h2-7,13,18H,16H2,1H3. The van der Waals surface area contributed by atoms with Crippen molar-refractivity contribution >= 4 is 11.6 Å². The van der Waals surface area contributed by atoms with Gasteiger partial charge in [0.15, 0.2) is 0 Å². The summed E-state index contributed by atoms with van der Waals surface area (Å²) >= 11 is 5.85. The van der Waals surface area contributed by atoms with E-state index in [1.54, 1.807) is 31.3 Å². The van der Waals surface area contributed by atoms with Crippen molar-refractivity contribution in [1.82, 2.24) is 10.4 Å². The van der Waals surface area contributed by atoms with Crippen LogP contribution in [0.1, 0.15) is 22.7 Å². The summed E-state index contributed by atoms with van der Waals surface area (Å²) in [6, 6.07) is 8.18. The predicted octanol–water partition coefficient (Wildman–Crippen LogP) is 2.74. The summed E-state index contributed by atoms with van der Waals surface area (Å²) < 4.78 is 13.2. The molecule has 5 heteroatoms. The van der Waals surface area contributed by atoms with Gasteiger partial charge in [-0.2, -0.15) is 0 Å². The zero-order chi connectivity index (χ0) is 13.1. The molecule has 1 aromatic carbocycles. The van der Waals surface area contributed by atoms with E-state index in [-0.39, 0.29) is 11.9 Å². The molecule has 2 rings (SSSR count). The van der Waals surface area contributed by atoms with Gasteiger partial charge in [-0.05, 0) is 41.8 Å². The second kappa shape index (κ2) is 5.44. The SMILES string of the molecule is Cc1cc(C(NN)c2ccnc(Cl)c2)ccc1F. The molecule has 0 aliphatic heterocycles. The lowest BCUT2D eigenvalue weighted by molar-refractivity contribution is 0.607. The highest BCUT2D eigenvalue weighted by molar-refractivity contribution is 6.29. The van der Waals surface area contributed by atoms with E-state index in [0.29, 0.717) is 10.7 Å². The molecule has 0 aliphatic rings. The van der Waals surface area contributed by atoms with Gasteiger partial charge in [0.05, 0.1) is 6.04 Å². The van der Waals surface area contributed by atoms with Gasteiger partial charge in [0.2, 0.25) is 0 Å². The molecule has 0 bridgehead atoms. The highest BCUT2D eigenvalue weighted by Crippen LogP contribution is 2.24. The average molecular weight is 266 g/mol. The monoisotopic (exact) mass is 265 g/mol. The molecule has 1 unspecified atom stereocenters. The van der Waals surface area contributed by atoms with Crippen LogP contribution < -0.4 is 11.3 Å². The van der Waals surface area contributed by atoms with Gasteiger partial charge in [0.25, 0.3) is 0 Å². The number of halogens is 2. The summed E-state index contributed by atoms with van der Waals surface area (Å²) in [6.45, 7) is 1.71. The minimum atomic E-state index is -0.246. The van der Waals surface area contributed by atoms with Crippen LogP contribution in [0.5, 0.6) is 0 Å². The van der Waals surface area contributed by atoms with Crippen LogP contribution in [0.25, 0.3) is 0 Å². The number of aromatic nitrogens is 1. The Labute approximate surface area is 110 Å². The smallest absolute Gasteiger partial charge is 0.129 e. The number of hydrogen-bond donors (Lipinski definition) is 2. The Morgan fingerprint density at radius 2 is 2.00 bits per heavy atom. The lowest BCUT2D eigenvalue weighted by Gasteiger charge is -2.17. The van der Waals surface area contributed by atoms with Crippen LogP contribution in [-0.2, 0) is 0 Å². The number of nitrogens with one attached hydrogen (secondary N) is 1. The highest BCUT2D eigenvalue weighted by atomic mass is 35.5. The van der Waals surface area contributed by atoms with E-state index in [9.17, 15) is 4.39 Å². The molecule has 1 aromatic heterocycles. The maximum absolute atomic E-state index is 13.2. The molecule has 0 fully saturated rings. The molecule has 0 saturated carbocycles. The van der Waals surface area contributed by atoms with Crippen molar-refractivity contribution in [3.63, 3.8) is 0 Å². The first kappa shape index (κ1) is 13.0. The summed E-state index contributed by atoms with van der Waals surface area (Å²) in [5.74, 6) is 5.33. The average Bonchev–Trinajstić information content (AvgIpc) is 2.35. The van der Waals surface area contributed by atoms with Crippen molar-refractivity contribution in [2.24, 2.45) is 5.84 Å². The van der Waals surface area contributed by atoms with E-state index < -0.39 is 0 Å². The zero-order valence-corrected chi connectivity index (χ0v) is 10.6. The molecule has 0 saturated heterocycles. The van der Waals surface area contributed by atoms with Crippen LogP contribution in [-0.4, -0.2) is 4.98 Å². The number of pyridine rings is 1. The fraction of sp³-hybridized carbons (Fsp3) is 0.154. The number of hydrogen-bond acceptors (Lipinski definition) is 3. The quantitative estimate of drug-likeness (QED) is 0.510. The summed E-state index contributed by atoms with van der Waals surface area (Å²) in [5.41, 5.74) is 5.03. The molecular weight excluding hydrogens is 253 g/mol. The number of benzene rings is 1. The Bertz CT molecular complexity index is 560. The molecule has 2 aromatic rings. The van der Waals surface area contributed by atoms with Crippen molar-refractivity contribution in [3.05, 3.63) is 64.2 Å². The van der Waals surface area contributed by atoms with Crippen molar-refractivity contribution in [2.75, 3.05) is 0 Å². The second-order valence-corrected chi connectivity index (χ2v) is 4.41. The van der Waals surface area contributed by atoms with Gasteiger partial charge in [0, 0.05) is 6.20 Å². The van der Waals surface area contributed by atoms with Crippen LogP contribution in [0.4, 0.5) is 4.39 Å². The van der Waals surface area contributed by atoms with Gasteiger partial charge in [-0.25, -0.2) is 14.8 Å². The number of aryl methyl sites for hydroxylation is 1. The molecule has 0 radical (unpaired) electrons. The number of rotatable bonds is 3. The lowest BCUT2D eigenvalue weighted by atomic mass is 9.98. The van der Waals surface area contributed by atoms with Crippen LogP contribution in [0.15, 0.2) is 36.5 Å². The zero-order valence-electron chi connectivity index (χ0n) is 9.82. The molecule has 3 N–H and O–H groups in total. The number of hydrazine groups is 1. The van der Waals surface area contributed by atoms with Gasteiger partial charge in [-0.15, -0.1) is 0 Å². The summed E-state index contributed by atoms with van der Waals surface area (Å²) in [4.78, 5) is 3.92. The summed E-state index contributed by atoms with van der Waals surface area (Å²) in [7, 11) is 0. The first-order chi connectivity index (χ1) is 8.61. The van der Waals surface area contributed by atoms with Crippen LogP contribution >= 0.6 is 11.6 Å².